The first-order valence-corrected chi connectivity index (χ1v) is 4.18. The van der Waals surface area contributed by atoms with E-state index in [-0.39, 0.29) is 11.9 Å². The van der Waals surface area contributed by atoms with Crippen molar-refractivity contribution >= 4 is 5.91 Å². The van der Waals surface area contributed by atoms with E-state index in [0.29, 0.717) is 17.8 Å². The third-order valence-corrected chi connectivity index (χ3v) is 3.10. The number of nitrogens with two attached hydrogens (primary N) is 2. The van der Waals surface area contributed by atoms with Crippen LogP contribution in [0.25, 0.3) is 0 Å². The van der Waals surface area contributed by atoms with Gasteiger partial charge in [0, 0.05) is 12.5 Å². The lowest BCUT2D eigenvalue weighted by Crippen LogP contribution is -2.30. The first-order chi connectivity index (χ1) is 5.14. The van der Waals surface area contributed by atoms with Crippen LogP contribution < -0.4 is 11.5 Å². The van der Waals surface area contributed by atoms with Crippen LogP contribution in [0.15, 0.2) is 0 Å². The highest BCUT2D eigenvalue weighted by Crippen LogP contribution is 2.71. The number of rotatable bonds is 3. The standard InChI is InChI=1S/C8H14N2O/c9-6(3-7(10)11)5-4-8(5)1-2-8/h5-6H,1-4,9H2,(H2,10,11)/t5?,6-/m0/s1. The van der Waals surface area contributed by atoms with E-state index in [1.807, 2.05) is 0 Å². The van der Waals surface area contributed by atoms with Crippen LogP contribution in [0.3, 0.4) is 0 Å². The van der Waals surface area contributed by atoms with E-state index in [1.165, 1.54) is 19.3 Å². The Kier molecular flexibility index (Phi) is 1.27. The maximum absolute atomic E-state index is 10.5. The minimum Gasteiger partial charge on any atom is -0.370 e. The molecule has 2 aliphatic rings. The first-order valence-electron chi connectivity index (χ1n) is 4.18. The van der Waals surface area contributed by atoms with Gasteiger partial charge in [-0.05, 0) is 30.6 Å². The van der Waals surface area contributed by atoms with Crippen LogP contribution in [0.1, 0.15) is 25.7 Å². The Balaban J connectivity index is 1.82. The second-order valence-electron chi connectivity index (χ2n) is 4.01. The van der Waals surface area contributed by atoms with Crippen molar-refractivity contribution in [3.8, 4) is 0 Å². The van der Waals surface area contributed by atoms with Gasteiger partial charge in [-0.15, -0.1) is 0 Å². The molecule has 0 aliphatic heterocycles. The van der Waals surface area contributed by atoms with Gasteiger partial charge in [-0.3, -0.25) is 4.79 Å². The van der Waals surface area contributed by atoms with Crippen LogP contribution in [0.5, 0.6) is 0 Å². The molecule has 0 heterocycles. The molecule has 3 heteroatoms. The van der Waals surface area contributed by atoms with E-state index in [4.69, 9.17) is 11.5 Å². The predicted molar refractivity (Wildman–Crippen MR) is 41.6 cm³/mol. The fourth-order valence-electron chi connectivity index (χ4n) is 2.09. The van der Waals surface area contributed by atoms with Gasteiger partial charge in [0.2, 0.25) is 5.91 Å². The van der Waals surface area contributed by atoms with Crippen molar-refractivity contribution in [3.63, 3.8) is 0 Å². The minimum absolute atomic E-state index is 0.0370. The molecule has 2 saturated carbocycles. The van der Waals surface area contributed by atoms with Gasteiger partial charge >= 0.3 is 0 Å². The lowest BCUT2D eigenvalue weighted by molar-refractivity contribution is -0.118. The zero-order valence-corrected chi connectivity index (χ0v) is 6.55. The average molecular weight is 154 g/mol. The van der Waals surface area contributed by atoms with Crippen molar-refractivity contribution in [2.24, 2.45) is 22.8 Å². The number of amides is 1. The van der Waals surface area contributed by atoms with E-state index in [9.17, 15) is 4.79 Å². The summed E-state index contributed by atoms with van der Waals surface area (Å²) in [6, 6.07) is 0.0370. The van der Waals surface area contributed by atoms with E-state index < -0.39 is 0 Å². The zero-order valence-electron chi connectivity index (χ0n) is 6.55. The van der Waals surface area contributed by atoms with Crippen molar-refractivity contribution in [1.82, 2.24) is 0 Å². The maximum Gasteiger partial charge on any atom is 0.218 e. The SMILES string of the molecule is NC(=O)C[C@H](N)C1CC12CC2. The van der Waals surface area contributed by atoms with Crippen LogP contribution in [0.2, 0.25) is 0 Å². The van der Waals surface area contributed by atoms with Crippen molar-refractivity contribution < 1.29 is 4.79 Å². The van der Waals surface area contributed by atoms with Crippen molar-refractivity contribution in [1.29, 1.82) is 0 Å². The zero-order chi connectivity index (χ0) is 8.06. The molecule has 2 fully saturated rings. The normalized spacial score (nSPS) is 33.4. The van der Waals surface area contributed by atoms with Crippen LogP contribution in [0, 0.1) is 11.3 Å². The molecule has 0 aromatic carbocycles. The molecular weight excluding hydrogens is 140 g/mol. The highest BCUT2D eigenvalue weighted by Gasteiger charge is 2.64. The maximum atomic E-state index is 10.5. The Morgan fingerprint density at radius 1 is 1.64 bits per heavy atom. The molecule has 3 nitrogen and oxygen atoms in total. The number of hydrogen-bond acceptors (Lipinski definition) is 2. The fourth-order valence-corrected chi connectivity index (χ4v) is 2.09. The molecule has 62 valence electrons. The van der Waals surface area contributed by atoms with E-state index in [1.54, 1.807) is 0 Å². The molecule has 1 spiro atoms. The van der Waals surface area contributed by atoms with Gasteiger partial charge in [0.25, 0.3) is 0 Å². The van der Waals surface area contributed by atoms with Crippen molar-refractivity contribution in [3.05, 3.63) is 0 Å². The minimum atomic E-state index is -0.264. The molecular formula is C8H14N2O. The molecule has 1 amide bonds. The molecule has 2 aliphatic carbocycles. The topological polar surface area (TPSA) is 69.1 Å². The smallest absolute Gasteiger partial charge is 0.218 e. The third-order valence-electron chi connectivity index (χ3n) is 3.10. The van der Waals surface area contributed by atoms with Gasteiger partial charge in [-0.2, -0.15) is 0 Å². The summed E-state index contributed by atoms with van der Waals surface area (Å²) in [7, 11) is 0. The second-order valence-corrected chi connectivity index (χ2v) is 4.01. The Bertz CT molecular complexity index is 198. The summed E-state index contributed by atoms with van der Waals surface area (Å²) in [6.07, 6.45) is 4.25. The summed E-state index contributed by atoms with van der Waals surface area (Å²) in [5.74, 6) is 0.343. The van der Waals surface area contributed by atoms with Crippen LogP contribution in [-0.4, -0.2) is 11.9 Å². The molecule has 0 aromatic rings. The highest BCUT2D eigenvalue weighted by molar-refractivity contribution is 5.74. The lowest BCUT2D eigenvalue weighted by atomic mass is 10.1. The summed E-state index contributed by atoms with van der Waals surface area (Å²) < 4.78 is 0. The Morgan fingerprint density at radius 3 is 2.64 bits per heavy atom. The molecule has 0 radical (unpaired) electrons. The number of carbonyl (C=O) groups is 1. The number of hydrogen-bond donors (Lipinski definition) is 2. The summed E-state index contributed by atoms with van der Waals surface area (Å²) in [6.45, 7) is 0. The average Bonchev–Trinajstić information content (AvgIpc) is 2.73. The third kappa shape index (κ3) is 1.13. The van der Waals surface area contributed by atoms with Crippen LogP contribution in [0.4, 0.5) is 0 Å². The van der Waals surface area contributed by atoms with Gasteiger partial charge in [0.1, 0.15) is 0 Å². The Labute approximate surface area is 66.1 Å². The molecule has 2 rings (SSSR count). The van der Waals surface area contributed by atoms with Gasteiger partial charge in [0.05, 0.1) is 0 Å². The number of primary amides is 1. The Morgan fingerprint density at radius 2 is 2.27 bits per heavy atom. The van der Waals surface area contributed by atoms with Gasteiger partial charge in [-0.25, -0.2) is 0 Å². The summed E-state index contributed by atoms with van der Waals surface area (Å²) in [5, 5.41) is 0. The first kappa shape index (κ1) is 7.10. The summed E-state index contributed by atoms with van der Waals surface area (Å²) in [5.41, 5.74) is 11.4. The molecule has 2 atom stereocenters. The summed E-state index contributed by atoms with van der Waals surface area (Å²) in [4.78, 5) is 10.5. The molecule has 4 N–H and O–H groups in total. The van der Waals surface area contributed by atoms with Crippen molar-refractivity contribution in [2.75, 3.05) is 0 Å². The van der Waals surface area contributed by atoms with E-state index in [0.717, 1.165) is 0 Å². The monoisotopic (exact) mass is 154 g/mol. The largest absolute Gasteiger partial charge is 0.370 e. The van der Waals surface area contributed by atoms with E-state index >= 15 is 0 Å². The summed E-state index contributed by atoms with van der Waals surface area (Å²) >= 11 is 0. The van der Waals surface area contributed by atoms with Gasteiger partial charge in [0.15, 0.2) is 0 Å². The van der Waals surface area contributed by atoms with Gasteiger partial charge in [-0.1, -0.05) is 0 Å². The molecule has 0 saturated heterocycles. The lowest BCUT2D eigenvalue weighted by Gasteiger charge is -2.06. The number of carbonyl (C=O) groups excluding carboxylic acids is 1. The highest BCUT2D eigenvalue weighted by atomic mass is 16.1. The van der Waals surface area contributed by atoms with Crippen LogP contribution in [-0.2, 0) is 4.79 Å². The second kappa shape index (κ2) is 1.97. The van der Waals surface area contributed by atoms with E-state index in [2.05, 4.69) is 0 Å². The quantitative estimate of drug-likeness (QED) is 0.600. The van der Waals surface area contributed by atoms with Crippen molar-refractivity contribution in [2.45, 2.75) is 31.7 Å². The molecule has 0 bridgehead atoms. The molecule has 11 heavy (non-hydrogen) atoms. The van der Waals surface area contributed by atoms with Gasteiger partial charge < -0.3 is 11.5 Å². The fraction of sp³-hybridized carbons (Fsp3) is 0.875. The predicted octanol–water partition coefficient (Wildman–Crippen LogP) is -0.0108. The Hall–Kier alpha value is -0.570. The molecule has 1 unspecified atom stereocenters. The van der Waals surface area contributed by atoms with Crippen LogP contribution >= 0.6 is 0 Å². The molecule has 0 aromatic heterocycles.